The number of hydrogen-bond acceptors (Lipinski definition) is 5. The van der Waals surface area contributed by atoms with Crippen molar-refractivity contribution in [3.63, 3.8) is 0 Å². The van der Waals surface area contributed by atoms with Gasteiger partial charge in [0.2, 0.25) is 12.7 Å². The third-order valence-electron chi connectivity index (χ3n) is 5.90. The standard InChI is InChI=1S/C24H25N3O4/c1-2-26(14-16-7-10-20-21(13-16)31-15-30-20)23(28)12-11-22-25-19-6-4-3-5-18(19)24(29)27(22)17-8-9-17/h3-7,10,13,17H,2,8-9,11-12,14-15H2,1H3. The van der Waals surface area contributed by atoms with Crippen LogP contribution in [0.1, 0.15) is 43.6 Å². The van der Waals surface area contributed by atoms with E-state index in [1.165, 1.54) is 0 Å². The SMILES string of the molecule is CCN(Cc1ccc2c(c1)OCO2)C(=O)CCc1nc2ccccc2c(=O)n1C1CC1. The van der Waals surface area contributed by atoms with Crippen molar-refractivity contribution in [2.75, 3.05) is 13.3 Å². The van der Waals surface area contributed by atoms with Gasteiger partial charge in [-0.25, -0.2) is 4.98 Å². The average Bonchev–Trinajstić information content (AvgIpc) is 3.51. The Labute approximate surface area is 180 Å². The summed E-state index contributed by atoms with van der Waals surface area (Å²) in [5, 5.41) is 0.641. The third-order valence-corrected chi connectivity index (χ3v) is 5.90. The van der Waals surface area contributed by atoms with Gasteiger partial charge in [-0.1, -0.05) is 18.2 Å². The van der Waals surface area contributed by atoms with E-state index in [2.05, 4.69) is 0 Å². The zero-order chi connectivity index (χ0) is 21.4. The van der Waals surface area contributed by atoms with Crippen molar-refractivity contribution in [3.8, 4) is 11.5 Å². The van der Waals surface area contributed by atoms with Gasteiger partial charge in [-0.3, -0.25) is 14.2 Å². The van der Waals surface area contributed by atoms with E-state index >= 15 is 0 Å². The Bertz CT molecular complexity index is 1200. The Kier molecular flexibility index (Phi) is 5.10. The number of aromatic nitrogens is 2. The van der Waals surface area contributed by atoms with E-state index in [0.717, 1.165) is 29.9 Å². The molecule has 0 bridgehead atoms. The first-order valence-corrected chi connectivity index (χ1v) is 10.8. The fourth-order valence-corrected chi connectivity index (χ4v) is 4.09. The number of ether oxygens (including phenoxy) is 2. The minimum absolute atomic E-state index is 0.00302. The average molecular weight is 419 g/mol. The van der Waals surface area contributed by atoms with E-state index in [1.54, 1.807) is 0 Å². The van der Waals surface area contributed by atoms with Gasteiger partial charge in [0.05, 0.1) is 10.9 Å². The fraction of sp³-hybridized carbons (Fsp3) is 0.375. The lowest BCUT2D eigenvalue weighted by atomic mass is 10.1. The first-order chi connectivity index (χ1) is 15.1. The van der Waals surface area contributed by atoms with Gasteiger partial charge in [-0.2, -0.15) is 0 Å². The molecule has 1 fully saturated rings. The van der Waals surface area contributed by atoms with E-state index in [0.29, 0.717) is 42.7 Å². The van der Waals surface area contributed by atoms with Crippen LogP contribution in [0.3, 0.4) is 0 Å². The predicted molar refractivity (Wildman–Crippen MR) is 116 cm³/mol. The minimum Gasteiger partial charge on any atom is -0.454 e. The molecule has 0 radical (unpaired) electrons. The van der Waals surface area contributed by atoms with E-state index in [4.69, 9.17) is 14.5 Å². The number of fused-ring (bicyclic) bond motifs is 2. The van der Waals surface area contributed by atoms with E-state index < -0.39 is 0 Å². The molecule has 0 saturated heterocycles. The van der Waals surface area contributed by atoms with Crippen LogP contribution in [0.15, 0.2) is 47.3 Å². The van der Waals surface area contributed by atoms with Crippen LogP contribution in [-0.2, 0) is 17.8 Å². The zero-order valence-corrected chi connectivity index (χ0v) is 17.5. The van der Waals surface area contributed by atoms with Crippen molar-refractivity contribution in [2.24, 2.45) is 0 Å². The molecule has 160 valence electrons. The normalized spacial score (nSPS) is 14.7. The van der Waals surface area contributed by atoms with Gasteiger partial charge in [0, 0.05) is 32.0 Å². The quantitative estimate of drug-likeness (QED) is 0.587. The summed E-state index contributed by atoms with van der Waals surface area (Å²) < 4.78 is 12.6. The highest BCUT2D eigenvalue weighted by Crippen LogP contribution is 2.35. The molecule has 1 amide bonds. The monoisotopic (exact) mass is 419 g/mol. The summed E-state index contributed by atoms with van der Waals surface area (Å²) >= 11 is 0. The molecule has 31 heavy (non-hydrogen) atoms. The highest BCUT2D eigenvalue weighted by Gasteiger charge is 2.28. The van der Waals surface area contributed by atoms with E-state index in [9.17, 15) is 9.59 Å². The lowest BCUT2D eigenvalue weighted by Crippen LogP contribution is -2.31. The van der Waals surface area contributed by atoms with Crippen molar-refractivity contribution >= 4 is 16.8 Å². The van der Waals surface area contributed by atoms with Crippen LogP contribution in [-0.4, -0.2) is 33.7 Å². The van der Waals surface area contributed by atoms with Crippen molar-refractivity contribution < 1.29 is 14.3 Å². The highest BCUT2D eigenvalue weighted by atomic mass is 16.7. The first-order valence-electron chi connectivity index (χ1n) is 10.8. The third kappa shape index (κ3) is 3.87. The van der Waals surface area contributed by atoms with Crippen LogP contribution >= 0.6 is 0 Å². The maximum Gasteiger partial charge on any atom is 0.261 e. The second kappa shape index (κ2) is 8.06. The van der Waals surface area contributed by atoms with Gasteiger partial charge in [0.25, 0.3) is 5.56 Å². The number of aryl methyl sites for hydroxylation is 1. The van der Waals surface area contributed by atoms with Crippen LogP contribution < -0.4 is 15.0 Å². The molecular weight excluding hydrogens is 394 g/mol. The molecule has 2 aromatic carbocycles. The molecule has 0 atom stereocenters. The molecule has 7 heteroatoms. The van der Waals surface area contributed by atoms with Crippen molar-refractivity contribution in [1.82, 2.24) is 14.5 Å². The van der Waals surface area contributed by atoms with Crippen LogP contribution in [0.4, 0.5) is 0 Å². The van der Waals surface area contributed by atoms with Gasteiger partial charge >= 0.3 is 0 Å². The van der Waals surface area contributed by atoms with Gasteiger partial charge in [0.1, 0.15) is 5.82 Å². The Balaban J connectivity index is 1.33. The summed E-state index contributed by atoms with van der Waals surface area (Å²) in [7, 11) is 0. The van der Waals surface area contributed by atoms with E-state index in [-0.39, 0.29) is 24.3 Å². The summed E-state index contributed by atoms with van der Waals surface area (Å²) in [5.74, 6) is 2.21. The van der Waals surface area contributed by atoms with Gasteiger partial charge < -0.3 is 14.4 Å². The van der Waals surface area contributed by atoms with Crippen molar-refractivity contribution in [1.29, 1.82) is 0 Å². The number of benzene rings is 2. The molecule has 1 aliphatic heterocycles. The van der Waals surface area contributed by atoms with Crippen LogP contribution in [0.5, 0.6) is 11.5 Å². The largest absolute Gasteiger partial charge is 0.454 e. The summed E-state index contributed by atoms with van der Waals surface area (Å²) in [5.41, 5.74) is 1.70. The summed E-state index contributed by atoms with van der Waals surface area (Å²) in [6.07, 6.45) is 2.75. The summed E-state index contributed by atoms with van der Waals surface area (Å²) in [6.45, 7) is 3.32. The van der Waals surface area contributed by atoms with Crippen LogP contribution in [0.25, 0.3) is 10.9 Å². The number of carbonyl (C=O) groups excluding carboxylic acids is 1. The minimum atomic E-state index is 0.00302. The Morgan fingerprint density at radius 2 is 1.97 bits per heavy atom. The van der Waals surface area contributed by atoms with Crippen molar-refractivity contribution in [2.45, 2.75) is 45.2 Å². The molecule has 1 saturated carbocycles. The van der Waals surface area contributed by atoms with Crippen molar-refractivity contribution in [3.05, 3.63) is 64.2 Å². The second-order valence-electron chi connectivity index (χ2n) is 8.05. The molecule has 1 aliphatic carbocycles. The van der Waals surface area contributed by atoms with Gasteiger partial charge in [-0.15, -0.1) is 0 Å². The molecule has 1 aromatic heterocycles. The molecule has 0 spiro atoms. The Hall–Kier alpha value is -3.35. The molecule has 3 aromatic rings. The summed E-state index contributed by atoms with van der Waals surface area (Å²) in [6, 6.07) is 13.4. The number of hydrogen-bond donors (Lipinski definition) is 0. The smallest absolute Gasteiger partial charge is 0.261 e. The maximum atomic E-state index is 13.0. The Morgan fingerprint density at radius 3 is 2.77 bits per heavy atom. The number of para-hydroxylation sites is 1. The zero-order valence-electron chi connectivity index (χ0n) is 17.5. The molecule has 5 rings (SSSR count). The van der Waals surface area contributed by atoms with E-state index in [1.807, 2.05) is 58.9 Å². The number of rotatable bonds is 7. The number of carbonyl (C=O) groups is 1. The molecule has 0 unspecified atom stereocenters. The first kappa shape index (κ1) is 19.6. The molecule has 7 nitrogen and oxygen atoms in total. The van der Waals surface area contributed by atoms with Crippen LogP contribution in [0.2, 0.25) is 0 Å². The molecule has 0 N–H and O–H groups in total. The lowest BCUT2D eigenvalue weighted by molar-refractivity contribution is -0.131. The second-order valence-corrected chi connectivity index (χ2v) is 8.05. The number of nitrogens with zero attached hydrogens (tertiary/aromatic N) is 3. The predicted octanol–water partition coefficient (Wildman–Crippen LogP) is 3.44. The molecule has 2 heterocycles. The van der Waals surface area contributed by atoms with Crippen LogP contribution in [0, 0.1) is 0 Å². The van der Waals surface area contributed by atoms with Gasteiger partial charge in [0.15, 0.2) is 11.5 Å². The topological polar surface area (TPSA) is 73.7 Å². The fourth-order valence-electron chi connectivity index (χ4n) is 4.09. The molecule has 2 aliphatic rings. The number of amides is 1. The highest BCUT2D eigenvalue weighted by molar-refractivity contribution is 5.78. The summed E-state index contributed by atoms with van der Waals surface area (Å²) in [4.78, 5) is 32.5. The Morgan fingerprint density at radius 1 is 1.16 bits per heavy atom. The lowest BCUT2D eigenvalue weighted by Gasteiger charge is -2.21. The van der Waals surface area contributed by atoms with Gasteiger partial charge in [-0.05, 0) is 49.6 Å². The molecular formula is C24H25N3O4. The maximum absolute atomic E-state index is 13.0.